The first-order valence-electron chi connectivity index (χ1n) is 8.61. The molecule has 0 N–H and O–H groups in total. The number of rotatable bonds is 3. The van der Waals surface area contributed by atoms with Crippen LogP contribution in [0.2, 0.25) is 5.02 Å². The maximum atomic E-state index is 13.1. The van der Waals surface area contributed by atoms with Crippen LogP contribution in [-0.4, -0.2) is 34.9 Å². The van der Waals surface area contributed by atoms with E-state index < -0.39 is 16.9 Å². The molecule has 1 aliphatic rings. The minimum Gasteiger partial charge on any atom is -0.324 e. The number of benzene rings is 2. The molecule has 2 aromatic carbocycles. The van der Waals surface area contributed by atoms with Gasteiger partial charge in [-0.05, 0) is 43.5 Å². The zero-order valence-corrected chi connectivity index (χ0v) is 15.3. The smallest absolute Gasteiger partial charge is 0.324 e. The second-order valence-electron chi connectivity index (χ2n) is 6.23. The summed E-state index contributed by atoms with van der Waals surface area (Å²) < 4.78 is 0. The van der Waals surface area contributed by atoms with Gasteiger partial charge in [-0.3, -0.25) is 14.9 Å². The molecule has 0 aromatic heterocycles. The third kappa shape index (κ3) is 4.09. The van der Waals surface area contributed by atoms with Crippen molar-refractivity contribution >= 4 is 34.9 Å². The molecule has 27 heavy (non-hydrogen) atoms. The number of nitro groups is 1. The molecule has 0 spiro atoms. The zero-order valence-electron chi connectivity index (χ0n) is 14.5. The Hall–Kier alpha value is -2.93. The molecule has 1 aliphatic heterocycles. The summed E-state index contributed by atoms with van der Waals surface area (Å²) in [5.74, 6) is -0.628. The van der Waals surface area contributed by atoms with Gasteiger partial charge in [-0.15, -0.1) is 0 Å². The van der Waals surface area contributed by atoms with Crippen LogP contribution in [0.25, 0.3) is 0 Å². The summed E-state index contributed by atoms with van der Waals surface area (Å²) in [4.78, 5) is 39.4. The number of urea groups is 1. The Morgan fingerprint density at radius 2 is 1.70 bits per heavy atom. The minimum atomic E-state index is -0.654. The predicted octanol–water partition coefficient (Wildman–Crippen LogP) is 4.50. The summed E-state index contributed by atoms with van der Waals surface area (Å²) in [5, 5.41) is 11.1. The number of piperidine rings is 1. The Balaban J connectivity index is 2.00. The SMILES string of the molecule is O=C(c1ccc(Cl)c([N+](=O)[O-])c1)N(C(=O)N1CCCCC1)c1ccccc1. The number of para-hydroxylation sites is 1. The first-order chi connectivity index (χ1) is 13.0. The summed E-state index contributed by atoms with van der Waals surface area (Å²) in [6, 6.07) is 11.9. The van der Waals surface area contributed by atoms with Gasteiger partial charge in [0.2, 0.25) is 0 Å². The Labute approximate surface area is 161 Å². The van der Waals surface area contributed by atoms with Gasteiger partial charge in [-0.2, -0.15) is 0 Å². The minimum absolute atomic E-state index is 0.0281. The molecule has 3 rings (SSSR count). The fourth-order valence-corrected chi connectivity index (χ4v) is 3.22. The molecular weight excluding hydrogens is 370 g/mol. The maximum Gasteiger partial charge on any atom is 0.331 e. The molecule has 3 amide bonds. The van der Waals surface area contributed by atoms with Gasteiger partial charge in [0.25, 0.3) is 11.6 Å². The highest BCUT2D eigenvalue weighted by Gasteiger charge is 2.30. The second-order valence-corrected chi connectivity index (χ2v) is 6.64. The molecule has 0 unspecified atom stereocenters. The molecule has 8 heteroatoms. The van der Waals surface area contributed by atoms with E-state index in [1.807, 2.05) is 0 Å². The third-order valence-electron chi connectivity index (χ3n) is 4.43. The molecule has 0 atom stereocenters. The first-order valence-corrected chi connectivity index (χ1v) is 8.99. The fraction of sp³-hybridized carbons (Fsp3) is 0.263. The molecule has 0 radical (unpaired) electrons. The van der Waals surface area contributed by atoms with Crippen molar-refractivity contribution in [3.05, 3.63) is 69.2 Å². The van der Waals surface area contributed by atoms with Crippen LogP contribution < -0.4 is 4.90 Å². The standard InChI is InChI=1S/C19H18ClN3O4/c20-16-10-9-14(13-17(16)23(26)27)18(24)22(15-7-3-1-4-8-15)19(25)21-11-5-2-6-12-21/h1,3-4,7-10,13H,2,5-6,11-12H2. The van der Waals surface area contributed by atoms with E-state index in [1.54, 1.807) is 35.2 Å². The molecule has 1 heterocycles. The van der Waals surface area contributed by atoms with Crippen LogP contribution in [0.4, 0.5) is 16.2 Å². The second kappa shape index (κ2) is 8.18. The number of nitrogens with zero attached hydrogens (tertiary/aromatic N) is 3. The van der Waals surface area contributed by atoms with Gasteiger partial charge < -0.3 is 4.90 Å². The van der Waals surface area contributed by atoms with Crippen LogP contribution in [-0.2, 0) is 0 Å². The quantitative estimate of drug-likeness (QED) is 0.573. The number of halogens is 1. The molecule has 1 fully saturated rings. The van der Waals surface area contributed by atoms with Gasteiger partial charge in [-0.25, -0.2) is 9.69 Å². The molecule has 1 saturated heterocycles. The van der Waals surface area contributed by atoms with Gasteiger partial charge >= 0.3 is 6.03 Å². The van der Waals surface area contributed by atoms with E-state index in [0.29, 0.717) is 18.8 Å². The largest absolute Gasteiger partial charge is 0.331 e. The molecule has 0 bridgehead atoms. The van der Waals surface area contributed by atoms with Crippen molar-refractivity contribution in [1.82, 2.24) is 4.90 Å². The highest BCUT2D eigenvalue weighted by molar-refractivity contribution is 6.33. The number of carbonyl (C=O) groups is 2. The van der Waals surface area contributed by atoms with E-state index in [9.17, 15) is 19.7 Å². The van der Waals surface area contributed by atoms with E-state index in [0.717, 1.165) is 30.2 Å². The van der Waals surface area contributed by atoms with Crippen molar-refractivity contribution < 1.29 is 14.5 Å². The lowest BCUT2D eigenvalue weighted by Crippen LogP contribution is -2.48. The van der Waals surface area contributed by atoms with E-state index >= 15 is 0 Å². The molecule has 140 valence electrons. The summed E-state index contributed by atoms with van der Waals surface area (Å²) in [6.07, 6.45) is 2.82. The van der Waals surface area contributed by atoms with Gasteiger partial charge in [0, 0.05) is 24.7 Å². The molecular formula is C19H18ClN3O4. The number of likely N-dealkylation sites (tertiary alicyclic amines) is 1. The number of nitro benzene ring substituents is 1. The third-order valence-corrected chi connectivity index (χ3v) is 4.74. The van der Waals surface area contributed by atoms with Crippen molar-refractivity contribution in [2.75, 3.05) is 18.0 Å². The lowest BCUT2D eigenvalue weighted by Gasteiger charge is -2.32. The van der Waals surface area contributed by atoms with Crippen molar-refractivity contribution in [3.8, 4) is 0 Å². The Morgan fingerprint density at radius 1 is 1.04 bits per heavy atom. The highest BCUT2D eigenvalue weighted by atomic mass is 35.5. The van der Waals surface area contributed by atoms with E-state index in [-0.39, 0.29) is 16.3 Å². The lowest BCUT2D eigenvalue weighted by atomic mass is 10.1. The van der Waals surface area contributed by atoms with Crippen LogP contribution in [0.5, 0.6) is 0 Å². The van der Waals surface area contributed by atoms with E-state index in [4.69, 9.17) is 11.6 Å². The van der Waals surface area contributed by atoms with Crippen LogP contribution in [0.1, 0.15) is 29.6 Å². The number of hydrogen-bond acceptors (Lipinski definition) is 4. The van der Waals surface area contributed by atoms with Gasteiger partial charge in [0.15, 0.2) is 0 Å². The molecule has 7 nitrogen and oxygen atoms in total. The Bertz CT molecular complexity index is 867. The van der Waals surface area contributed by atoms with Gasteiger partial charge in [-0.1, -0.05) is 29.8 Å². The average molecular weight is 388 g/mol. The van der Waals surface area contributed by atoms with Crippen molar-refractivity contribution in [2.45, 2.75) is 19.3 Å². The number of amides is 3. The maximum absolute atomic E-state index is 13.1. The topological polar surface area (TPSA) is 83.8 Å². The Kier molecular flexibility index (Phi) is 5.71. The van der Waals surface area contributed by atoms with E-state index in [2.05, 4.69) is 0 Å². The number of hydrogen-bond donors (Lipinski definition) is 0. The zero-order chi connectivity index (χ0) is 19.4. The average Bonchev–Trinajstić information content (AvgIpc) is 2.69. The van der Waals surface area contributed by atoms with Gasteiger partial charge in [0.05, 0.1) is 10.6 Å². The summed E-state index contributed by atoms with van der Waals surface area (Å²) >= 11 is 5.84. The number of anilines is 1. The lowest BCUT2D eigenvalue weighted by molar-refractivity contribution is -0.384. The van der Waals surface area contributed by atoms with Crippen LogP contribution in [0.3, 0.4) is 0 Å². The van der Waals surface area contributed by atoms with Gasteiger partial charge in [0.1, 0.15) is 5.02 Å². The van der Waals surface area contributed by atoms with E-state index in [1.165, 1.54) is 12.1 Å². The summed E-state index contributed by atoms with van der Waals surface area (Å²) in [6.45, 7) is 1.16. The predicted molar refractivity (Wildman–Crippen MR) is 102 cm³/mol. The molecule has 0 aliphatic carbocycles. The normalized spacial score (nSPS) is 13.9. The summed E-state index contributed by atoms with van der Waals surface area (Å²) in [7, 11) is 0. The summed E-state index contributed by atoms with van der Waals surface area (Å²) in [5.41, 5.74) is 0.0666. The van der Waals surface area contributed by atoms with Crippen molar-refractivity contribution in [2.24, 2.45) is 0 Å². The molecule has 0 saturated carbocycles. The van der Waals surface area contributed by atoms with Crippen LogP contribution >= 0.6 is 11.6 Å². The monoisotopic (exact) mass is 387 g/mol. The fourth-order valence-electron chi connectivity index (χ4n) is 3.03. The number of carbonyl (C=O) groups excluding carboxylic acids is 2. The number of imide groups is 1. The van der Waals surface area contributed by atoms with Crippen LogP contribution in [0, 0.1) is 10.1 Å². The highest BCUT2D eigenvalue weighted by Crippen LogP contribution is 2.27. The van der Waals surface area contributed by atoms with Crippen molar-refractivity contribution in [3.63, 3.8) is 0 Å². The first kappa shape index (κ1) is 18.8. The Morgan fingerprint density at radius 3 is 2.33 bits per heavy atom. The van der Waals surface area contributed by atoms with Crippen molar-refractivity contribution in [1.29, 1.82) is 0 Å². The molecule has 2 aromatic rings. The van der Waals surface area contributed by atoms with Crippen LogP contribution in [0.15, 0.2) is 48.5 Å².